The minimum absolute atomic E-state index is 0.246. The van der Waals surface area contributed by atoms with Gasteiger partial charge in [0.15, 0.2) is 5.03 Å². The number of anilines is 2. The number of nitrogens with zero attached hydrogens (tertiary/aromatic N) is 1. The molecule has 0 amide bonds. The van der Waals surface area contributed by atoms with Crippen molar-refractivity contribution in [3.63, 3.8) is 0 Å². The maximum atomic E-state index is 13.4. The van der Waals surface area contributed by atoms with Gasteiger partial charge in [-0.3, -0.25) is 4.72 Å². The summed E-state index contributed by atoms with van der Waals surface area (Å²) in [6.45, 7) is 0. The molecule has 0 aliphatic carbocycles. The summed E-state index contributed by atoms with van der Waals surface area (Å²) in [6, 6.07) is 1.36. The van der Waals surface area contributed by atoms with Crippen molar-refractivity contribution in [1.82, 2.24) is 9.97 Å². The number of hydrogen-bond donors (Lipinski definition) is 3. The lowest BCUT2D eigenvalue weighted by molar-refractivity contribution is 0.584. The van der Waals surface area contributed by atoms with Gasteiger partial charge in [-0.15, -0.1) is 0 Å². The van der Waals surface area contributed by atoms with Gasteiger partial charge in [0.1, 0.15) is 11.6 Å². The Hall–Kier alpha value is -2.16. The molecule has 0 fully saturated rings. The van der Waals surface area contributed by atoms with Gasteiger partial charge >= 0.3 is 0 Å². The van der Waals surface area contributed by atoms with E-state index in [9.17, 15) is 17.2 Å². The summed E-state index contributed by atoms with van der Waals surface area (Å²) in [5, 5.41) is -0.246. The monoisotopic (exact) mass is 274 g/mol. The van der Waals surface area contributed by atoms with Crippen LogP contribution in [0.1, 0.15) is 0 Å². The van der Waals surface area contributed by atoms with E-state index in [2.05, 4.69) is 9.97 Å². The topological polar surface area (TPSA) is 101 Å². The Kier molecular flexibility index (Phi) is 2.91. The third kappa shape index (κ3) is 2.25. The van der Waals surface area contributed by atoms with Crippen molar-refractivity contribution in [1.29, 1.82) is 0 Å². The average molecular weight is 274 g/mol. The van der Waals surface area contributed by atoms with Crippen molar-refractivity contribution in [2.45, 2.75) is 5.03 Å². The Balaban J connectivity index is 2.39. The summed E-state index contributed by atoms with van der Waals surface area (Å²) >= 11 is 0. The first-order valence-corrected chi connectivity index (χ1v) is 6.14. The summed E-state index contributed by atoms with van der Waals surface area (Å²) < 4.78 is 51.7. The largest absolute Gasteiger partial charge is 0.396 e. The fraction of sp³-hybridized carbons (Fsp3) is 0. The zero-order chi connectivity index (χ0) is 13.3. The number of benzene rings is 1. The molecule has 0 radical (unpaired) electrons. The van der Waals surface area contributed by atoms with Crippen LogP contribution in [0.2, 0.25) is 0 Å². The van der Waals surface area contributed by atoms with E-state index in [1.165, 1.54) is 0 Å². The van der Waals surface area contributed by atoms with E-state index in [-0.39, 0.29) is 10.7 Å². The molecule has 0 unspecified atom stereocenters. The normalized spacial score (nSPS) is 11.4. The van der Waals surface area contributed by atoms with Gasteiger partial charge in [0.05, 0.1) is 23.9 Å². The number of aromatic amines is 1. The van der Waals surface area contributed by atoms with E-state index >= 15 is 0 Å². The molecule has 1 aromatic heterocycles. The second-order valence-electron chi connectivity index (χ2n) is 3.37. The standard InChI is InChI=1S/C9H8F2N4O2S/c10-5-1-6(11)8(2-7(5)12)15-18(16,17)9-3-13-4-14-9/h1-4,15H,12H2,(H,13,14). The Bertz CT molecular complexity index is 670. The van der Waals surface area contributed by atoms with E-state index in [0.717, 1.165) is 18.6 Å². The summed E-state index contributed by atoms with van der Waals surface area (Å²) in [5.74, 6) is -2.03. The summed E-state index contributed by atoms with van der Waals surface area (Å²) in [6.07, 6.45) is 2.21. The Labute approximate surface area is 101 Å². The molecule has 2 aromatic rings. The number of halogens is 2. The zero-order valence-corrected chi connectivity index (χ0v) is 9.63. The van der Waals surface area contributed by atoms with Gasteiger partial charge in [0, 0.05) is 6.07 Å². The van der Waals surface area contributed by atoms with E-state index < -0.39 is 27.3 Å². The van der Waals surface area contributed by atoms with Crippen LogP contribution in [-0.4, -0.2) is 18.4 Å². The number of sulfonamides is 1. The molecule has 4 N–H and O–H groups in total. The van der Waals surface area contributed by atoms with E-state index in [4.69, 9.17) is 5.73 Å². The van der Waals surface area contributed by atoms with Gasteiger partial charge in [0.2, 0.25) is 0 Å². The van der Waals surface area contributed by atoms with Gasteiger partial charge in [0.25, 0.3) is 10.0 Å². The van der Waals surface area contributed by atoms with E-state index in [0.29, 0.717) is 6.07 Å². The highest BCUT2D eigenvalue weighted by molar-refractivity contribution is 7.92. The van der Waals surface area contributed by atoms with E-state index in [1.54, 1.807) is 0 Å². The number of hydrogen-bond acceptors (Lipinski definition) is 4. The van der Waals surface area contributed by atoms with Gasteiger partial charge in [-0.05, 0) is 6.07 Å². The van der Waals surface area contributed by atoms with Crippen molar-refractivity contribution in [3.05, 3.63) is 36.3 Å². The molecule has 0 saturated heterocycles. The molecule has 9 heteroatoms. The van der Waals surface area contributed by atoms with Crippen LogP contribution in [0.5, 0.6) is 0 Å². The molecule has 0 spiro atoms. The number of H-pyrrole nitrogens is 1. The fourth-order valence-corrected chi connectivity index (χ4v) is 2.20. The number of rotatable bonds is 3. The first-order valence-electron chi connectivity index (χ1n) is 4.66. The second kappa shape index (κ2) is 4.26. The van der Waals surface area contributed by atoms with Crippen LogP contribution < -0.4 is 10.5 Å². The highest BCUT2D eigenvalue weighted by Crippen LogP contribution is 2.23. The van der Waals surface area contributed by atoms with Crippen molar-refractivity contribution >= 4 is 21.4 Å². The van der Waals surface area contributed by atoms with Gasteiger partial charge in [-0.2, -0.15) is 8.42 Å². The van der Waals surface area contributed by atoms with Crippen molar-refractivity contribution in [2.75, 3.05) is 10.5 Å². The highest BCUT2D eigenvalue weighted by Gasteiger charge is 2.18. The molecule has 0 aliphatic heterocycles. The predicted octanol–water partition coefficient (Wildman–Crippen LogP) is 1.07. The Morgan fingerprint density at radius 2 is 2.00 bits per heavy atom. The van der Waals surface area contributed by atoms with Crippen molar-refractivity contribution in [2.24, 2.45) is 0 Å². The molecule has 0 saturated carbocycles. The molecule has 0 atom stereocenters. The molecule has 2 rings (SSSR count). The van der Waals surface area contributed by atoms with Crippen LogP contribution >= 0.6 is 0 Å². The SMILES string of the molecule is Nc1cc(NS(=O)(=O)c2cnc[nH]2)c(F)cc1F. The smallest absolute Gasteiger partial charge is 0.279 e. The quantitative estimate of drug-likeness (QED) is 0.729. The molecule has 0 aliphatic rings. The molecule has 6 nitrogen and oxygen atoms in total. The number of nitrogens with one attached hydrogen (secondary N) is 2. The summed E-state index contributed by atoms with van der Waals surface area (Å²) in [7, 11) is -4.01. The Morgan fingerprint density at radius 1 is 1.28 bits per heavy atom. The first kappa shape index (κ1) is 12.3. The van der Waals surface area contributed by atoms with Crippen LogP contribution in [0, 0.1) is 11.6 Å². The van der Waals surface area contributed by atoms with Crippen molar-refractivity contribution < 1.29 is 17.2 Å². The molecule has 1 aromatic carbocycles. The number of aromatic nitrogens is 2. The molecule has 0 bridgehead atoms. The highest BCUT2D eigenvalue weighted by atomic mass is 32.2. The maximum Gasteiger partial charge on any atom is 0.279 e. The van der Waals surface area contributed by atoms with Crippen LogP contribution in [0.25, 0.3) is 0 Å². The third-order valence-corrected chi connectivity index (χ3v) is 3.38. The third-order valence-electron chi connectivity index (χ3n) is 2.09. The Morgan fingerprint density at radius 3 is 2.61 bits per heavy atom. The molecular weight excluding hydrogens is 266 g/mol. The van der Waals surface area contributed by atoms with Crippen LogP contribution in [-0.2, 0) is 10.0 Å². The van der Waals surface area contributed by atoms with Gasteiger partial charge in [-0.25, -0.2) is 13.8 Å². The zero-order valence-electron chi connectivity index (χ0n) is 8.81. The average Bonchev–Trinajstić information content (AvgIpc) is 2.79. The second-order valence-corrected chi connectivity index (χ2v) is 5.03. The molecule has 18 heavy (non-hydrogen) atoms. The molecule has 96 valence electrons. The summed E-state index contributed by atoms with van der Waals surface area (Å²) in [5.41, 5.74) is 4.43. The fourth-order valence-electron chi connectivity index (χ4n) is 1.23. The summed E-state index contributed by atoms with van der Waals surface area (Å²) in [4.78, 5) is 5.88. The van der Waals surface area contributed by atoms with Gasteiger partial charge in [-0.1, -0.05) is 0 Å². The lowest BCUT2D eigenvalue weighted by Crippen LogP contribution is -2.14. The minimum atomic E-state index is -4.01. The van der Waals surface area contributed by atoms with Crippen LogP contribution in [0.4, 0.5) is 20.2 Å². The van der Waals surface area contributed by atoms with Crippen LogP contribution in [0.15, 0.2) is 29.7 Å². The lowest BCUT2D eigenvalue weighted by atomic mass is 10.2. The molecular formula is C9H8F2N4O2S. The van der Waals surface area contributed by atoms with Crippen molar-refractivity contribution in [3.8, 4) is 0 Å². The number of imidazole rings is 1. The van der Waals surface area contributed by atoms with E-state index in [1.807, 2.05) is 4.72 Å². The minimum Gasteiger partial charge on any atom is -0.396 e. The van der Waals surface area contributed by atoms with Crippen LogP contribution in [0.3, 0.4) is 0 Å². The van der Waals surface area contributed by atoms with Gasteiger partial charge < -0.3 is 10.7 Å². The number of nitrogen functional groups attached to an aromatic ring is 1. The number of nitrogens with two attached hydrogens (primary N) is 1. The first-order chi connectivity index (χ1) is 8.40. The predicted molar refractivity (Wildman–Crippen MR) is 60.2 cm³/mol. The molecule has 1 heterocycles. The lowest BCUT2D eigenvalue weighted by Gasteiger charge is -2.08. The maximum absolute atomic E-state index is 13.4.